The molecular weight excluding hydrogens is 242 g/mol. The van der Waals surface area contributed by atoms with Gasteiger partial charge in [0.05, 0.1) is 0 Å². The zero-order chi connectivity index (χ0) is 14.1. The van der Waals surface area contributed by atoms with Crippen molar-refractivity contribution < 1.29 is 9.53 Å². The molecule has 0 aliphatic rings. The van der Waals surface area contributed by atoms with Gasteiger partial charge in [-0.1, -0.05) is 19.9 Å². The molecule has 0 unspecified atom stereocenters. The van der Waals surface area contributed by atoms with Gasteiger partial charge in [0.2, 0.25) is 0 Å². The van der Waals surface area contributed by atoms with E-state index < -0.39 is 0 Å². The van der Waals surface area contributed by atoms with E-state index in [4.69, 9.17) is 10.5 Å². The van der Waals surface area contributed by atoms with Gasteiger partial charge in [-0.15, -0.1) is 0 Å². The summed E-state index contributed by atoms with van der Waals surface area (Å²) in [5.74, 6) is 0.494. The molecule has 0 aromatic heterocycles. The molecule has 0 saturated heterocycles. The summed E-state index contributed by atoms with van der Waals surface area (Å²) in [6.45, 7) is 7.71. The molecule has 1 rings (SSSR count). The van der Waals surface area contributed by atoms with Gasteiger partial charge < -0.3 is 20.7 Å². The highest BCUT2D eigenvalue weighted by Gasteiger charge is 2.04. The Morgan fingerprint density at radius 2 is 2.11 bits per heavy atom. The SMILES string of the molecule is CCN(CC)CCNC(=O)COc1cccc(N)c1. The summed E-state index contributed by atoms with van der Waals surface area (Å²) >= 11 is 0. The van der Waals surface area contributed by atoms with Crippen LogP contribution in [0.15, 0.2) is 24.3 Å². The van der Waals surface area contributed by atoms with Crippen LogP contribution in [0.5, 0.6) is 5.75 Å². The van der Waals surface area contributed by atoms with E-state index in [1.807, 2.05) is 0 Å². The number of carbonyl (C=O) groups is 1. The highest BCUT2D eigenvalue weighted by Crippen LogP contribution is 2.13. The van der Waals surface area contributed by atoms with Crippen molar-refractivity contribution in [1.29, 1.82) is 0 Å². The maximum atomic E-state index is 11.6. The molecule has 1 aromatic rings. The van der Waals surface area contributed by atoms with Crippen molar-refractivity contribution in [2.24, 2.45) is 0 Å². The molecule has 0 atom stereocenters. The zero-order valence-electron chi connectivity index (χ0n) is 11.7. The lowest BCUT2D eigenvalue weighted by Crippen LogP contribution is -2.36. The van der Waals surface area contributed by atoms with Gasteiger partial charge in [0.1, 0.15) is 5.75 Å². The van der Waals surface area contributed by atoms with E-state index in [1.165, 1.54) is 0 Å². The summed E-state index contributed by atoms with van der Waals surface area (Å²) in [7, 11) is 0. The molecule has 0 fully saturated rings. The first-order valence-electron chi connectivity index (χ1n) is 6.63. The van der Waals surface area contributed by atoms with Crippen molar-refractivity contribution >= 4 is 11.6 Å². The number of carbonyl (C=O) groups excluding carboxylic acids is 1. The Morgan fingerprint density at radius 3 is 2.74 bits per heavy atom. The molecule has 0 aliphatic heterocycles. The van der Waals surface area contributed by atoms with Crippen LogP contribution in [0.3, 0.4) is 0 Å². The van der Waals surface area contributed by atoms with Gasteiger partial charge in [0.15, 0.2) is 6.61 Å². The Morgan fingerprint density at radius 1 is 1.37 bits per heavy atom. The Hall–Kier alpha value is -1.75. The van der Waals surface area contributed by atoms with Crippen LogP contribution >= 0.6 is 0 Å². The van der Waals surface area contributed by atoms with Crippen molar-refractivity contribution in [2.75, 3.05) is 38.5 Å². The highest BCUT2D eigenvalue weighted by atomic mass is 16.5. The fourth-order valence-corrected chi connectivity index (χ4v) is 1.70. The first-order valence-corrected chi connectivity index (χ1v) is 6.63. The van der Waals surface area contributed by atoms with E-state index in [0.29, 0.717) is 18.0 Å². The molecule has 0 bridgehead atoms. The fraction of sp³-hybridized carbons (Fsp3) is 0.500. The van der Waals surface area contributed by atoms with E-state index in [1.54, 1.807) is 24.3 Å². The number of anilines is 1. The predicted octanol–water partition coefficient (Wildman–Crippen LogP) is 1.11. The normalized spacial score (nSPS) is 10.5. The quantitative estimate of drug-likeness (QED) is 0.691. The number of hydrogen-bond donors (Lipinski definition) is 2. The number of hydrogen-bond acceptors (Lipinski definition) is 4. The monoisotopic (exact) mass is 265 g/mol. The van der Waals surface area contributed by atoms with E-state index in [9.17, 15) is 4.79 Å². The number of nitrogens with one attached hydrogen (secondary N) is 1. The number of rotatable bonds is 8. The van der Waals surface area contributed by atoms with Gasteiger partial charge in [-0.05, 0) is 25.2 Å². The molecule has 3 N–H and O–H groups in total. The van der Waals surface area contributed by atoms with E-state index in [-0.39, 0.29) is 12.5 Å². The number of nitrogens with two attached hydrogens (primary N) is 1. The van der Waals surface area contributed by atoms with Crippen molar-refractivity contribution in [1.82, 2.24) is 10.2 Å². The standard InChI is InChI=1S/C14H23N3O2/c1-3-17(4-2)9-8-16-14(18)11-19-13-7-5-6-12(15)10-13/h5-7,10H,3-4,8-9,11,15H2,1-2H3,(H,16,18). The maximum Gasteiger partial charge on any atom is 0.257 e. The molecule has 106 valence electrons. The van der Waals surface area contributed by atoms with Gasteiger partial charge in [0.25, 0.3) is 5.91 Å². The average molecular weight is 265 g/mol. The largest absolute Gasteiger partial charge is 0.484 e. The van der Waals surface area contributed by atoms with Gasteiger partial charge in [-0.25, -0.2) is 0 Å². The Labute approximate surface area is 114 Å². The van der Waals surface area contributed by atoms with Crippen molar-refractivity contribution in [2.45, 2.75) is 13.8 Å². The minimum absolute atomic E-state index is 0.0156. The minimum Gasteiger partial charge on any atom is -0.484 e. The molecule has 0 radical (unpaired) electrons. The lowest BCUT2D eigenvalue weighted by atomic mass is 10.3. The van der Waals surface area contributed by atoms with Crippen LogP contribution in [0.4, 0.5) is 5.69 Å². The van der Waals surface area contributed by atoms with E-state index in [0.717, 1.165) is 19.6 Å². The van der Waals surface area contributed by atoms with Crippen LogP contribution in [-0.4, -0.2) is 43.6 Å². The second-order valence-corrected chi connectivity index (χ2v) is 4.24. The molecule has 1 amide bonds. The van der Waals surface area contributed by atoms with Gasteiger partial charge in [-0.3, -0.25) is 4.79 Å². The van der Waals surface area contributed by atoms with Crippen LogP contribution in [-0.2, 0) is 4.79 Å². The minimum atomic E-state index is -0.116. The number of likely N-dealkylation sites (N-methyl/N-ethyl adjacent to an activating group) is 1. The summed E-state index contributed by atoms with van der Waals surface area (Å²) in [4.78, 5) is 13.8. The second-order valence-electron chi connectivity index (χ2n) is 4.24. The fourth-order valence-electron chi connectivity index (χ4n) is 1.70. The summed E-state index contributed by atoms with van der Waals surface area (Å²) in [6.07, 6.45) is 0. The van der Waals surface area contributed by atoms with Crippen LogP contribution in [0.2, 0.25) is 0 Å². The van der Waals surface area contributed by atoms with E-state index >= 15 is 0 Å². The highest BCUT2D eigenvalue weighted by molar-refractivity contribution is 5.77. The molecule has 0 heterocycles. The summed E-state index contributed by atoms with van der Waals surface area (Å²) in [5.41, 5.74) is 6.25. The molecule has 19 heavy (non-hydrogen) atoms. The smallest absolute Gasteiger partial charge is 0.257 e. The molecule has 1 aromatic carbocycles. The summed E-state index contributed by atoms with van der Waals surface area (Å²) < 4.78 is 5.35. The average Bonchev–Trinajstić information content (AvgIpc) is 2.41. The molecule has 0 aliphatic carbocycles. The molecular formula is C14H23N3O2. The first-order chi connectivity index (χ1) is 9.15. The summed E-state index contributed by atoms with van der Waals surface area (Å²) in [5, 5.41) is 2.83. The Kier molecular flexibility index (Phi) is 6.74. The Balaban J connectivity index is 2.21. The summed E-state index contributed by atoms with van der Waals surface area (Å²) in [6, 6.07) is 7.04. The van der Waals surface area contributed by atoms with Crippen LogP contribution in [0, 0.1) is 0 Å². The second kappa shape index (κ2) is 8.37. The molecule has 5 heteroatoms. The molecule has 5 nitrogen and oxygen atoms in total. The predicted molar refractivity (Wildman–Crippen MR) is 77.1 cm³/mol. The van der Waals surface area contributed by atoms with Crippen LogP contribution in [0.25, 0.3) is 0 Å². The number of amides is 1. The topological polar surface area (TPSA) is 67.6 Å². The van der Waals surface area contributed by atoms with Gasteiger partial charge in [-0.2, -0.15) is 0 Å². The zero-order valence-corrected chi connectivity index (χ0v) is 11.7. The lowest BCUT2D eigenvalue weighted by Gasteiger charge is -2.17. The van der Waals surface area contributed by atoms with Crippen molar-refractivity contribution in [3.63, 3.8) is 0 Å². The van der Waals surface area contributed by atoms with E-state index in [2.05, 4.69) is 24.1 Å². The number of benzene rings is 1. The molecule has 0 spiro atoms. The van der Waals surface area contributed by atoms with Crippen LogP contribution in [0.1, 0.15) is 13.8 Å². The van der Waals surface area contributed by atoms with Crippen LogP contribution < -0.4 is 15.8 Å². The number of nitrogen functional groups attached to an aromatic ring is 1. The Bertz CT molecular complexity index is 392. The maximum absolute atomic E-state index is 11.6. The number of ether oxygens (including phenoxy) is 1. The third-order valence-corrected chi connectivity index (χ3v) is 2.87. The van der Waals surface area contributed by atoms with Crippen molar-refractivity contribution in [3.05, 3.63) is 24.3 Å². The van der Waals surface area contributed by atoms with Gasteiger partial charge >= 0.3 is 0 Å². The van der Waals surface area contributed by atoms with Crippen molar-refractivity contribution in [3.8, 4) is 5.75 Å². The number of nitrogens with zero attached hydrogens (tertiary/aromatic N) is 1. The molecule has 0 saturated carbocycles. The third kappa shape index (κ3) is 6.10. The van der Waals surface area contributed by atoms with Gasteiger partial charge in [0, 0.05) is 24.8 Å². The third-order valence-electron chi connectivity index (χ3n) is 2.87. The first kappa shape index (κ1) is 15.3. The lowest BCUT2D eigenvalue weighted by molar-refractivity contribution is -0.123.